The summed E-state index contributed by atoms with van der Waals surface area (Å²) in [7, 11) is 0. The molecule has 90 valence electrons. The van der Waals surface area contributed by atoms with Crippen LogP contribution in [-0.2, 0) is 4.79 Å². The van der Waals surface area contributed by atoms with Crippen molar-refractivity contribution < 1.29 is 9.90 Å². The summed E-state index contributed by atoms with van der Waals surface area (Å²) >= 11 is 14.8. The van der Waals surface area contributed by atoms with Crippen molar-refractivity contribution in [3.63, 3.8) is 0 Å². The largest absolute Gasteiger partial charge is 0.481 e. The lowest BCUT2D eigenvalue weighted by atomic mass is 9.97. The van der Waals surface area contributed by atoms with Gasteiger partial charge in [-0.15, -0.1) is 12.4 Å². The Morgan fingerprint density at radius 2 is 2.00 bits per heavy atom. The molecule has 0 saturated heterocycles. The van der Waals surface area contributed by atoms with Crippen molar-refractivity contribution >= 4 is 57.5 Å². The van der Waals surface area contributed by atoms with Gasteiger partial charge in [-0.1, -0.05) is 45.2 Å². The van der Waals surface area contributed by atoms with Crippen molar-refractivity contribution in [3.05, 3.63) is 33.8 Å². The molecule has 16 heavy (non-hydrogen) atoms. The van der Waals surface area contributed by atoms with Crippen LogP contribution in [0.25, 0.3) is 0 Å². The second kappa shape index (κ2) is 7.38. The molecule has 0 spiro atoms. The lowest BCUT2D eigenvalue weighted by molar-refractivity contribution is -0.138. The SMILES string of the molecule is Cl.O=C(O)C(CCBr)c1ccc(Cl)c(Cl)c1. The van der Waals surface area contributed by atoms with Gasteiger partial charge in [0.05, 0.1) is 16.0 Å². The topological polar surface area (TPSA) is 37.3 Å². The van der Waals surface area contributed by atoms with Crippen molar-refractivity contribution in [2.45, 2.75) is 12.3 Å². The Bertz CT molecular complexity index is 371. The monoisotopic (exact) mass is 346 g/mol. The molecular weight excluding hydrogens is 338 g/mol. The van der Waals surface area contributed by atoms with Crippen LogP contribution in [0.2, 0.25) is 10.0 Å². The maximum absolute atomic E-state index is 11.0. The van der Waals surface area contributed by atoms with Crippen LogP contribution in [0, 0.1) is 0 Å². The summed E-state index contributed by atoms with van der Waals surface area (Å²) < 4.78 is 0. The second-order valence-corrected chi connectivity index (χ2v) is 4.65. The summed E-state index contributed by atoms with van der Waals surface area (Å²) in [4.78, 5) is 11.0. The Balaban J connectivity index is 0.00000225. The summed E-state index contributed by atoms with van der Waals surface area (Å²) in [5.41, 5.74) is 0.677. The quantitative estimate of drug-likeness (QED) is 0.821. The molecule has 1 N–H and O–H groups in total. The van der Waals surface area contributed by atoms with Gasteiger partial charge in [0.25, 0.3) is 0 Å². The number of alkyl halides is 1. The summed E-state index contributed by atoms with van der Waals surface area (Å²) in [6, 6.07) is 4.91. The fourth-order valence-electron chi connectivity index (χ4n) is 1.27. The molecule has 0 radical (unpaired) electrons. The molecule has 1 aromatic carbocycles. The van der Waals surface area contributed by atoms with E-state index in [2.05, 4.69) is 15.9 Å². The van der Waals surface area contributed by atoms with Gasteiger partial charge < -0.3 is 5.11 Å². The highest BCUT2D eigenvalue weighted by molar-refractivity contribution is 9.09. The Hall–Kier alpha value is 0.0400. The molecule has 1 atom stereocenters. The van der Waals surface area contributed by atoms with Crippen LogP contribution < -0.4 is 0 Å². The first-order valence-corrected chi connectivity index (χ1v) is 6.17. The number of benzene rings is 1. The van der Waals surface area contributed by atoms with E-state index in [-0.39, 0.29) is 12.4 Å². The Kier molecular flexibility index (Phi) is 7.40. The summed E-state index contributed by atoms with van der Waals surface area (Å²) in [5.74, 6) is -1.40. The fourth-order valence-corrected chi connectivity index (χ4v) is 2.04. The average Bonchev–Trinajstić information content (AvgIpc) is 2.18. The molecule has 2 nitrogen and oxygen atoms in total. The Labute approximate surface area is 118 Å². The Morgan fingerprint density at radius 3 is 2.44 bits per heavy atom. The van der Waals surface area contributed by atoms with Gasteiger partial charge >= 0.3 is 5.97 Å². The van der Waals surface area contributed by atoms with Gasteiger partial charge in [0.1, 0.15) is 0 Å². The van der Waals surface area contributed by atoms with Gasteiger partial charge in [-0.25, -0.2) is 0 Å². The zero-order chi connectivity index (χ0) is 11.4. The van der Waals surface area contributed by atoms with E-state index in [1.165, 1.54) is 0 Å². The second-order valence-electron chi connectivity index (χ2n) is 3.04. The number of carboxylic acids is 1. The summed E-state index contributed by atoms with van der Waals surface area (Å²) in [6.45, 7) is 0. The summed E-state index contributed by atoms with van der Waals surface area (Å²) in [6.07, 6.45) is 0.521. The molecule has 0 aliphatic rings. The fraction of sp³-hybridized carbons (Fsp3) is 0.300. The maximum Gasteiger partial charge on any atom is 0.311 e. The summed E-state index contributed by atoms with van der Waals surface area (Å²) in [5, 5.41) is 10.5. The molecule has 0 bridgehead atoms. The first kappa shape index (κ1) is 16.0. The van der Waals surface area contributed by atoms with Crippen LogP contribution in [0.5, 0.6) is 0 Å². The van der Waals surface area contributed by atoms with E-state index in [0.29, 0.717) is 27.4 Å². The first-order valence-electron chi connectivity index (χ1n) is 4.30. The smallest absolute Gasteiger partial charge is 0.311 e. The highest BCUT2D eigenvalue weighted by Gasteiger charge is 2.19. The van der Waals surface area contributed by atoms with Crippen LogP contribution >= 0.6 is 51.5 Å². The molecular formula is C10H10BrCl3O2. The van der Waals surface area contributed by atoms with Crippen molar-refractivity contribution in [2.75, 3.05) is 5.33 Å². The molecule has 0 saturated carbocycles. The van der Waals surface area contributed by atoms with E-state index in [0.717, 1.165) is 0 Å². The van der Waals surface area contributed by atoms with Gasteiger partial charge in [0, 0.05) is 5.33 Å². The maximum atomic E-state index is 11.0. The predicted molar refractivity (Wildman–Crippen MR) is 72.5 cm³/mol. The van der Waals surface area contributed by atoms with Crippen LogP contribution in [-0.4, -0.2) is 16.4 Å². The van der Waals surface area contributed by atoms with Crippen molar-refractivity contribution in [2.24, 2.45) is 0 Å². The third-order valence-electron chi connectivity index (χ3n) is 2.04. The number of rotatable bonds is 4. The van der Waals surface area contributed by atoms with E-state index in [9.17, 15) is 4.79 Å². The Morgan fingerprint density at radius 1 is 1.38 bits per heavy atom. The molecule has 0 heterocycles. The molecule has 0 aliphatic carbocycles. The molecule has 1 rings (SSSR count). The number of carbonyl (C=O) groups is 1. The normalized spacial score (nSPS) is 11.7. The number of halogens is 4. The number of hydrogen-bond donors (Lipinski definition) is 1. The van der Waals surface area contributed by atoms with E-state index >= 15 is 0 Å². The standard InChI is InChI=1S/C10H9BrCl2O2.ClH/c11-4-3-7(10(14)15)6-1-2-8(12)9(13)5-6;/h1-2,5,7H,3-4H2,(H,14,15);1H. The predicted octanol–water partition coefficient (Wildman–Crippen LogP) is 4.37. The minimum atomic E-state index is -0.854. The van der Waals surface area contributed by atoms with Gasteiger partial charge in [-0.05, 0) is 24.1 Å². The molecule has 0 amide bonds. The van der Waals surface area contributed by atoms with E-state index in [1.807, 2.05) is 0 Å². The molecule has 6 heteroatoms. The molecule has 0 aliphatic heterocycles. The van der Waals surface area contributed by atoms with Gasteiger partial charge in [-0.2, -0.15) is 0 Å². The molecule has 0 fully saturated rings. The van der Waals surface area contributed by atoms with Crippen molar-refractivity contribution in [1.29, 1.82) is 0 Å². The highest BCUT2D eigenvalue weighted by Crippen LogP contribution is 2.28. The number of hydrogen-bond acceptors (Lipinski definition) is 1. The molecule has 1 unspecified atom stereocenters. The van der Waals surface area contributed by atoms with E-state index in [1.54, 1.807) is 18.2 Å². The third kappa shape index (κ3) is 4.13. The van der Waals surface area contributed by atoms with Crippen molar-refractivity contribution in [3.8, 4) is 0 Å². The van der Waals surface area contributed by atoms with Crippen LogP contribution in [0.1, 0.15) is 17.9 Å². The van der Waals surface area contributed by atoms with E-state index < -0.39 is 11.9 Å². The third-order valence-corrected chi connectivity index (χ3v) is 3.24. The average molecular weight is 348 g/mol. The number of carboxylic acid groups (broad SMARTS) is 1. The molecule has 0 aromatic heterocycles. The molecule has 1 aromatic rings. The van der Waals surface area contributed by atoms with Gasteiger partial charge in [0.2, 0.25) is 0 Å². The minimum absolute atomic E-state index is 0. The lowest BCUT2D eigenvalue weighted by Gasteiger charge is -2.11. The minimum Gasteiger partial charge on any atom is -0.481 e. The van der Waals surface area contributed by atoms with Crippen molar-refractivity contribution in [1.82, 2.24) is 0 Å². The lowest BCUT2D eigenvalue weighted by Crippen LogP contribution is -2.12. The number of aliphatic carboxylic acids is 1. The van der Waals surface area contributed by atoms with E-state index in [4.69, 9.17) is 28.3 Å². The highest BCUT2D eigenvalue weighted by atomic mass is 79.9. The zero-order valence-corrected chi connectivity index (χ0v) is 12.0. The van der Waals surface area contributed by atoms with Crippen LogP contribution in [0.3, 0.4) is 0 Å². The van der Waals surface area contributed by atoms with Crippen LogP contribution in [0.4, 0.5) is 0 Å². The van der Waals surface area contributed by atoms with Crippen LogP contribution in [0.15, 0.2) is 18.2 Å². The van der Waals surface area contributed by atoms with Gasteiger partial charge in [-0.3, -0.25) is 4.79 Å². The zero-order valence-electron chi connectivity index (χ0n) is 8.12. The first-order chi connectivity index (χ1) is 7.06. The van der Waals surface area contributed by atoms with Gasteiger partial charge in [0.15, 0.2) is 0 Å².